The van der Waals surface area contributed by atoms with Crippen molar-refractivity contribution in [1.82, 2.24) is 5.01 Å². The van der Waals surface area contributed by atoms with Gasteiger partial charge in [-0.25, -0.2) is 0 Å². The Kier molecular flexibility index (Phi) is 8.01. The molecule has 0 bridgehead atoms. The van der Waals surface area contributed by atoms with E-state index in [1.54, 1.807) is 7.05 Å². The van der Waals surface area contributed by atoms with E-state index in [0.717, 1.165) is 6.42 Å². The van der Waals surface area contributed by atoms with Crippen LogP contribution in [0.5, 0.6) is 0 Å². The van der Waals surface area contributed by atoms with E-state index < -0.39 is 23.2 Å². The summed E-state index contributed by atoms with van der Waals surface area (Å²) >= 11 is 0. The van der Waals surface area contributed by atoms with Crippen LogP contribution < -0.4 is 0 Å². The summed E-state index contributed by atoms with van der Waals surface area (Å²) in [5.41, 5.74) is 0.298. The molecular weight excluding hydrogens is 305 g/mol. The molecule has 0 aromatic rings. The predicted octanol–water partition coefficient (Wildman–Crippen LogP) is 4.98. The molecule has 6 heteroatoms. The lowest BCUT2D eigenvalue weighted by molar-refractivity contribution is -0.163. The van der Waals surface area contributed by atoms with Gasteiger partial charge in [-0.1, -0.05) is 18.6 Å². The van der Waals surface area contributed by atoms with Crippen molar-refractivity contribution < 1.29 is 18.0 Å². The standard InChI is InChI=1S/C17H29F3N2O/c1-12(2)9-8-10-13(3)11-14(15(23)17(18,19)20)21-22(7)16(4,5)6/h9,13H,8,10-11H2,1-7H3/b21-14+. The first kappa shape index (κ1) is 21.7. The molecule has 0 N–H and O–H groups in total. The summed E-state index contributed by atoms with van der Waals surface area (Å²) in [7, 11) is 1.58. The molecule has 0 amide bonds. The molecule has 1 unspecified atom stereocenters. The van der Waals surface area contributed by atoms with Crippen molar-refractivity contribution in [2.45, 2.75) is 72.5 Å². The number of carbonyl (C=O) groups is 1. The lowest BCUT2D eigenvalue weighted by atomic mass is 9.96. The molecule has 0 aliphatic carbocycles. The minimum atomic E-state index is -4.89. The Labute approximate surface area is 137 Å². The smallest absolute Gasteiger partial charge is 0.294 e. The van der Waals surface area contributed by atoms with E-state index in [4.69, 9.17) is 0 Å². The highest BCUT2D eigenvalue weighted by Crippen LogP contribution is 2.22. The Bertz CT molecular complexity index is 455. The predicted molar refractivity (Wildman–Crippen MR) is 88.5 cm³/mol. The minimum absolute atomic E-state index is 0.0232. The van der Waals surface area contributed by atoms with Crippen molar-refractivity contribution in [2.24, 2.45) is 11.0 Å². The lowest BCUT2D eigenvalue weighted by Gasteiger charge is -2.30. The van der Waals surface area contributed by atoms with Crippen LogP contribution in [-0.2, 0) is 4.79 Å². The number of rotatable bonds is 7. The van der Waals surface area contributed by atoms with Crippen LogP contribution in [-0.4, -0.2) is 35.3 Å². The highest BCUT2D eigenvalue weighted by Gasteiger charge is 2.42. The first-order valence-electron chi connectivity index (χ1n) is 7.81. The Hall–Kier alpha value is -1.33. The maximum Gasteiger partial charge on any atom is 0.456 e. The Balaban J connectivity index is 5.19. The van der Waals surface area contributed by atoms with Crippen LogP contribution >= 0.6 is 0 Å². The van der Waals surface area contributed by atoms with Crippen molar-refractivity contribution in [2.75, 3.05) is 7.05 Å². The number of ketones is 1. The third kappa shape index (κ3) is 8.77. The highest BCUT2D eigenvalue weighted by molar-refractivity contribution is 6.41. The number of allylic oxidation sites excluding steroid dienone is 2. The van der Waals surface area contributed by atoms with Crippen LogP contribution in [0.3, 0.4) is 0 Å². The number of hydrazone groups is 1. The maximum absolute atomic E-state index is 12.8. The van der Waals surface area contributed by atoms with Crippen molar-refractivity contribution >= 4 is 11.5 Å². The number of hydrogen-bond acceptors (Lipinski definition) is 3. The van der Waals surface area contributed by atoms with Crippen LogP contribution in [0.15, 0.2) is 16.8 Å². The number of Topliss-reactive ketones (excluding diaryl/α,β-unsaturated/α-hetero) is 1. The summed E-state index contributed by atoms with van der Waals surface area (Å²) in [5.74, 6) is -1.90. The monoisotopic (exact) mass is 334 g/mol. The van der Waals surface area contributed by atoms with Crippen molar-refractivity contribution in [3.8, 4) is 0 Å². The molecule has 0 saturated heterocycles. The van der Waals surface area contributed by atoms with Gasteiger partial charge in [0.15, 0.2) is 0 Å². The van der Waals surface area contributed by atoms with Gasteiger partial charge in [-0.3, -0.25) is 9.80 Å². The summed E-state index contributed by atoms with van der Waals surface area (Å²) in [5, 5.41) is 5.37. The van der Waals surface area contributed by atoms with Crippen LogP contribution in [0.1, 0.15) is 60.8 Å². The number of carbonyl (C=O) groups excluding carboxylic acids is 1. The van der Waals surface area contributed by atoms with E-state index in [0.29, 0.717) is 6.42 Å². The third-order valence-corrected chi connectivity index (χ3v) is 3.51. The van der Waals surface area contributed by atoms with Gasteiger partial charge in [0.2, 0.25) is 0 Å². The normalized spacial score (nSPS) is 14.4. The van der Waals surface area contributed by atoms with Gasteiger partial charge in [-0.15, -0.1) is 0 Å². The van der Waals surface area contributed by atoms with Crippen LogP contribution in [0.25, 0.3) is 0 Å². The zero-order valence-electron chi connectivity index (χ0n) is 15.2. The Morgan fingerprint density at radius 1 is 1.22 bits per heavy atom. The van der Waals surface area contributed by atoms with E-state index in [1.165, 1.54) is 10.6 Å². The first-order chi connectivity index (χ1) is 10.2. The molecule has 1 atom stereocenters. The van der Waals surface area contributed by atoms with Gasteiger partial charge in [0.25, 0.3) is 5.78 Å². The molecule has 0 aliphatic heterocycles. The van der Waals surface area contributed by atoms with Crippen LogP contribution in [0.2, 0.25) is 0 Å². The zero-order valence-corrected chi connectivity index (χ0v) is 15.2. The Morgan fingerprint density at radius 2 is 1.74 bits per heavy atom. The van der Waals surface area contributed by atoms with Crippen molar-refractivity contribution in [3.63, 3.8) is 0 Å². The molecule has 0 aliphatic rings. The summed E-state index contributed by atoms with van der Waals surface area (Å²) in [6.07, 6.45) is -1.33. The van der Waals surface area contributed by atoms with Crippen molar-refractivity contribution in [3.05, 3.63) is 11.6 Å². The second-order valence-electron chi connectivity index (χ2n) is 7.24. The second kappa shape index (κ2) is 8.50. The average molecular weight is 334 g/mol. The minimum Gasteiger partial charge on any atom is -0.294 e. The number of nitrogens with zero attached hydrogens (tertiary/aromatic N) is 2. The van der Waals surface area contributed by atoms with Gasteiger partial charge in [0, 0.05) is 12.6 Å². The maximum atomic E-state index is 12.8. The van der Waals surface area contributed by atoms with E-state index in [1.807, 2.05) is 47.6 Å². The molecule has 0 aromatic heterocycles. The fourth-order valence-electron chi connectivity index (χ4n) is 1.76. The Morgan fingerprint density at radius 3 is 2.13 bits per heavy atom. The average Bonchev–Trinajstić information content (AvgIpc) is 2.34. The molecule has 0 fully saturated rings. The summed E-state index contributed by atoms with van der Waals surface area (Å²) in [6.45, 7) is 11.3. The largest absolute Gasteiger partial charge is 0.456 e. The lowest BCUT2D eigenvalue weighted by Crippen LogP contribution is -2.38. The molecule has 0 saturated carbocycles. The molecule has 23 heavy (non-hydrogen) atoms. The number of alkyl halides is 3. The van der Waals surface area contributed by atoms with Crippen molar-refractivity contribution in [1.29, 1.82) is 0 Å². The molecule has 134 valence electrons. The molecule has 0 heterocycles. The molecular formula is C17H29F3N2O. The van der Waals surface area contributed by atoms with Crippen LogP contribution in [0, 0.1) is 5.92 Å². The zero-order chi connectivity index (χ0) is 18.4. The molecule has 0 rings (SSSR count). The first-order valence-corrected chi connectivity index (χ1v) is 7.81. The number of hydrogen-bond donors (Lipinski definition) is 0. The van der Waals surface area contributed by atoms with E-state index in [-0.39, 0.29) is 12.3 Å². The van der Waals surface area contributed by atoms with E-state index >= 15 is 0 Å². The molecule has 0 aromatic carbocycles. The molecule has 3 nitrogen and oxygen atoms in total. The third-order valence-electron chi connectivity index (χ3n) is 3.51. The van der Waals surface area contributed by atoms with Gasteiger partial charge < -0.3 is 0 Å². The highest BCUT2D eigenvalue weighted by atomic mass is 19.4. The van der Waals surface area contributed by atoms with E-state index in [9.17, 15) is 18.0 Å². The number of halogens is 3. The van der Waals surface area contributed by atoms with Gasteiger partial charge in [-0.05, 0) is 59.8 Å². The van der Waals surface area contributed by atoms with Crippen LogP contribution in [0.4, 0.5) is 13.2 Å². The summed E-state index contributed by atoms with van der Waals surface area (Å²) in [6, 6.07) is 0. The van der Waals surface area contributed by atoms with Gasteiger partial charge >= 0.3 is 6.18 Å². The van der Waals surface area contributed by atoms with Gasteiger partial charge in [-0.2, -0.15) is 18.3 Å². The van der Waals surface area contributed by atoms with E-state index in [2.05, 4.69) is 5.10 Å². The topological polar surface area (TPSA) is 32.7 Å². The fourth-order valence-corrected chi connectivity index (χ4v) is 1.76. The summed E-state index contributed by atoms with van der Waals surface area (Å²) < 4.78 is 38.4. The SMILES string of the molecule is CC(C)=CCCC(C)C/C(=N\N(C)C(C)(C)C)C(=O)C(F)(F)F. The fraction of sp³-hybridized carbons (Fsp3) is 0.765. The van der Waals surface area contributed by atoms with Gasteiger partial charge in [0.1, 0.15) is 5.71 Å². The summed E-state index contributed by atoms with van der Waals surface area (Å²) in [4.78, 5) is 11.7. The molecule has 0 spiro atoms. The molecule has 0 radical (unpaired) electrons. The second-order valence-corrected chi connectivity index (χ2v) is 7.24. The quantitative estimate of drug-likeness (QED) is 0.374. The van der Waals surface area contributed by atoms with Gasteiger partial charge in [0.05, 0.1) is 0 Å².